The van der Waals surface area contributed by atoms with Crippen molar-refractivity contribution in [1.82, 2.24) is 10.6 Å². The average molecular weight is 359 g/mol. The predicted molar refractivity (Wildman–Crippen MR) is 86.6 cm³/mol. The number of carbonyl (C=O) groups is 3. The molecule has 0 spiro atoms. The summed E-state index contributed by atoms with van der Waals surface area (Å²) in [6.45, 7) is 3.49. The van der Waals surface area contributed by atoms with Crippen LogP contribution >= 0.6 is 11.6 Å². The molecule has 9 heteroatoms. The summed E-state index contributed by atoms with van der Waals surface area (Å²) < 4.78 is 15.5. The summed E-state index contributed by atoms with van der Waals surface area (Å²) in [5.74, 6) is -0.980. The van der Waals surface area contributed by atoms with Crippen molar-refractivity contribution < 1.29 is 28.6 Å². The predicted octanol–water partition coefficient (Wildman–Crippen LogP) is 1.75. The molecular weight excluding hydrogens is 340 g/mol. The second-order valence-electron chi connectivity index (χ2n) is 4.54. The topological polar surface area (TPSA) is 103 Å². The van der Waals surface area contributed by atoms with Crippen molar-refractivity contribution in [2.45, 2.75) is 20.0 Å². The molecule has 0 aliphatic carbocycles. The number of urea groups is 1. The summed E-state index contributed by atoms with van der Waals surface area (Å²) in [5, 5.41) is 4.40. The van der Waals surface area contributed by atoms with Crippen molar-refractivity contribution in [2.75, 3.05) is 20.8 Å². The Bertz CT molecular complexity index is 635. The van der Waals surface area contributed by atoms with E-state index in [-0.39, 0.29) is 16.3 Å². The number of carbonyl (C=O) groups excluding carboxylic acids is 3. The van der Waals surface area contributed by atoms with Gasteiger partial charge in [-0.2, -0.15) is 0 Å². The maximum Gasteiger partial charge on any atom is 0.339 e. The maximum atomic E-state index is 12.1. The highest BCUT2D eigenvalue weighted by atomic mass is 35.5. The Morgan fingerprint density at radius 2 is 1.96 bits per heavy atom. The van der Waals surface area contributed by atoms with E-state index in [1.165, 1.54) is 33.2 Å². The van der Waals surface area contributed by atoms with Crippen LogP contribution in [-0.2, 0) is 9.53 Å². The molecule has 8 nitrogen and oxygen atoms in total. The third kappa shape index (κ3) is 5.02. The number of amides is 3. The Hall–Kier alpha value is -2.48. The molecule has 1 aromatic rings. The number of rotatable bonds is 6. The molecule has 3 amide bonds. The van der Waals surface area contributed by atoms with Gasteiger partial charge in [-0.3, -0.25) is 10.1 Å². The van der Waals surface area contributed by atoms with Gasteiger partial charge in [-0.15, -0.1) is 0 Å². The van der Waals surface area contributed by atoms with Gasteiger partial charge in [0.15, 0.2) is 17.6 Å². The lowest BCUT2D eigenvalue weighted by atomic mass is 10.2. The minimum Gasteiger partial charge on any atom is -0.493 e. The van der Waals surface area contributed by atoms with Gasteiger partial charge >= 0.3 is 12.0 Å². The number of benzene rings is 1. The molecule has 0 aliphatic rings. The summed E-state index contributed by atoms with van der Waals surface area (Å²) in [7, 11) is 2.76. The molecule has 1 atom stereocenters. The average Bonchev–Trinajstić information content (AvgIpc) is 2.55. The van der Waals surface area contributed by atoms with Crippen LogP contribution in [0.25, 0.3) is 0 Å². The molecule has 0 unspecified atom stereocenters. The highest BCUT2D eigenvalue weighted by Gasteiger charge is 2.22. The fourth-order valence-corrected chi connectivity index (χ4v) is 1.95. The number of ether oxygens (including phenoxy) is 3. The van der Waals surface area contributed by atoms with Gasteiger partial charge in [-0.05, 0) is 26.0 Å². The molecule has 0 saturated carbocycles. The van der Waals surface area contributed by atoms with Crippen LogP contribution in [0.5, 0.6) is 11.5 Å². The number of imide groups is 1. The number of nitrogens with one attached hydrogen (secondary N) is 2. The molecule has 0 aromatic heterocycles. The van der Waals surface area contributed by atoms with E-state index in [1.54, 1.807) is 6.92 Å². The summed E-state index contributed by atoms with van der Waals surface area (Å²) in [6.07, 6.45) is -1.17. The van der Waals surface area contributed by atoms with Crippen LogP contribution in [0, 0.1) is 0 Å². The van der Waals surface area contributed by atoms with E-state index in [0.29, 0.717) is 12.4 Å². The molecule has 0 fully saturated rings. The number of halogens is 1. The van der Waals surface area contributed by atoms with Gasteiger partial charge in [-0.1, -0.05) is 11.6 Å². The van der Waals surface area contributed by atoms with E-state index in [4.69, 9.17) is 25.8 Å². The Balaban J connectivity index is 2.90. The van der Waals surface area contributed by atoms with Crippen molar-refractivity contribution in [1.29, 1.82) is 0 Å². The van der Waals surface area contributed by atoms with Crippen molar-refractivity contribution in [3.8, 4) is 11.5 Å². The van der Waals surface area contributed by atoms with Gasteiger partial charge in [-0.25, -0.2) is 9.59 Å². The zero-order valence-corrected chi connectivity index (χ0v) is 14.5. The molecule has 1 rings (SSSR count). The van der Waals surface area contributed by atoms with Crippen LogP contribution in [0.15, 0.2) is 12.1 Å². The van der Waals surface area contributed by atoms with Crippen LogP contribution in [0.1, 0.15) is 24.2 Å². The van der Waals surface area contributed by atoms with Crippen molar-refractivity contribution >= 4 is 29.5 Å². The first-order valence-electron chi connectivity index (χ1n) is 7.07. The zero-order chi connectivity index (χ0) is 18.3. The SMILES string of the molecule is CCOc1c(Cl)cc(C(=O)O[C@H](C)C(=O)NC(=O)NC)cc1OC. The van der Waals surface area contributed by atoms with Crippen LogP contribution in [0.4, 0.5) is 4.79 Å². The fraction of sp³-hybridized carbons (Fsp3) is 0.400. The normalized spacial score (nSPS) is 11.2. The van der Waals surface area contributed by atoms with E-state index < -0.39 is 24.0 Å². The minimum absolute atomic E-state index is 0.0832. The maximum absolute atomic E-state index is 12.1. The standard InChI is InChI=1S/C15H19ClN2O6/c1-5-23-12-10(16)6-9(7-11(12)22-4)14(20)24-8(2)13(19)18-15(21)17-3/h6-8H,5H2,1-4H3,(H2,17,18,19,21)/t8-/m1/s1. The smallest absolute Gasteiger partial charge is 0.339 e. The third-order valence-electron chi connectivity index (χ3n) is 2.87. The minimum atomic E-state index is -1.17. The van der Waals surface area contributed by atoms with E-state index in [9.17, 15) is 14.4 Å². The molecule has 1 aromatic carbocycles. The summed E-state index contributed by atoms with van der Waals surface area (Å²) >= 11 is 6.08. The molecule has 2 N–H and O–H groups in total. The number of hydrogen-bond donors (Lipinski definition) is 2. The van der Waals surface area contributed by atoms with Gasteiger partial charge in [0.05, 0.1) is 24.3 Å². The molecular formula is C15H19ClN2O6. The lowest BCUT2D eigenvalue weighted by Gasteiger charge is -2.15. The molecule has 0 heterocycles. The number of esters is 1. The Labute approximate surface area is 144 Å². The summed E-state index contributed by atoms with van der Waals surface area (Å²) in [6, 6.07) is 2.04. The fourth-order valence-electron chi connectivity index (χ4n) is 1.68. The Kier molecular flexibility index (Phi) is 7.31. The van der Waals surface area contributed by atoms with Gasteiger partial charge in [0.2, 0.25) is 0 Å². The van der Waals surface area contributed by atoms with Crippen molar-refractivity contribution in [3.05, 3.63) is 22.7 Å². The number of hydrogen-bond acceptors (Lipinski definition) is 6. The lowest BCUT2D eigenvalue weighted by Crippen LogP contribution is -2.43. The second kappa shape index (κ2) is 8.97. The molecule has 132 valence electrons. The first-order valence-corrected chi connectivity index (χ1v) is 7.45. The largest absolute Gasteiger partial charge is 0.493 e. The quantitative estimate of drug-likeness (QED) is 0.751. The number of methoxy groups -OCH3 is 1. The van der Waals surface area contributed by atoms with E-state index in [2.05, 4.69) is 5.32 Å². The van der Waals surface area contributed by atoms with E-state index >= 15 is 0 Å². The van der Waals surface area contributed by atoms with Gasteiger partial charge in [0.1, 0.15) is 0 Å². The lowest BCUT2D eigenvalue weighted by molar-refractivity contribution is -0.127. The first-order chi connectivity index (χ1) is 11.3. The van der Waals surface area contributed by atoms with Crippen LogP contribution in [0.2, 0.25) is 5.02 Å². The molecule has 0 saturated heterocycles. The second-order valence-corrected chi connectivity index (χ2v) is 4.95. The van der Waals surface area contributed by atoms with Gasteiger partial charge in [0.25, 0.3) is 5.91 Å². The Morgan fingerprint density at radius 3 is 2.50 bits per heavy atom. The van der Waals surface area contributed by atoms with Crippen molar-refractivity contribution in [2.24, 2.45) is 0 Å². The first kappa shape index (κ1) is 19.6. The van der Waals surface area contributed by atoms with E-state index in [1.807, 2.05) is 5.32 Å². The molecule has 0 aliphatic heterocycles. The van der Waals surface area contributed by atoms with E-state index in [0.717, 1.165) is 0 Å². The van der Waals surface area contributed by atoms with Crippen molar-refractivity contribution in [3.63, 3.8) is 0 Å². The molecule has 0 radical (unpaired) electrons. The van der Waals surface area contributed by atoms with Gasteiger partial charge < -0.3 is 19.5 Å². The van der Waals surface area contributed by atoms with Crippen LogP contribution in [-0.4, -0.2) is 44.8 Å². The zero-order valence-electron chi connectivity index (χ0n) is 13.8. The van der Waals surface area contributed by atoms with Crippen LogP contribution < -0.4 is 20.1 Å². The van der Waals surface area contributed by atoms with Crippen LogP contribution in [0.3, 0.4) is 0 Å². The summed E-state index contributed by atoms with van der Waals surface area (Å²) in [5.41, 5.74) is 0.0832. The monoisotopic (exact) mass is 358 g/mol. The third-order valence-corrected chi connectivity index (χ3v) is 3.15. The van der Waals surface area contributed by atoms with Gasteiger partial charge in [0, 0.05) is 7.05 Å². The Morgan fingerprint density at radius 1 is 1.29 bits per heavy atom. The highest BCUT2D eigenvalue weighted by Crippen LogP contribution is 2.36. The molecule has 0 bridgehead atoms. The summed E-state index contributed by atoms with van der Waals surface area (Å²) in [4.78, 5) is 34.9. The highest BCUT2D eigenvalue weighted by molar-refractivity contribution is 6.32. The molecule has 24 heavy (non-hydrogen) atoms.